The van der Waals surface area contributed by atoms with Crippen LogP contribution >= 0.6 is 0 Å². The van der Waals surface area contributed by atoms with Gasteiger partial charge in [0.1, 0.15) is 5.75 Å². The lowest BCUT2D eigenvalue weighted by Crippen LogP contribution is -2.48. The number of hydrogen-bond donors (Lipinski definition) is 3. The number of carbonyl (C=O) groups excluding carboxylic acids is 3. The topological polar surface area (TPSA) is 109 Å². The van der Waals surface area contributed by atoms with Gasteiger partial charge in [-0.1, -0.05) is 19.1 Å². The van der Waals surface area contributed by atoms with Crippen molar-refractivity contribution in [1.82, 2.24) is 10.2 Å². The first-order valence-corrected chi connectivity index (χ1v) is 12.1. The van der Waals surface area contributed by atoms with E-state index in [0.29, 0.717) is 41.4 Å². The maximum absolute atomic E-state index is 13.0. The van der Waals surface area contributed by atoms with Gasteiger partial charge in [0.2, 0.25) is 0 Å². The third-order valence-corrected chi connectivity index (χ3v) is 5.51. The van der Waals surface area contributed by atoms with Crippen LogP contribution in [0.5, 0.6) is 5.75 Å². The first-order chi connectivity index (χ1) is 17.2. The number of esters is 1. The molecule has 2 aromatic rings. The molecule has 0 saturated carbocycles. The number of hydrogen-bond acceptors (Lipinski definition) is 5. The third kappa shape index (κ3) is 6.56. The predicted molar refractivity (Wildman–Crippen MR) is 139 cm³/mol. The van der Waals surface area contributed by atoms with Gasteiger partial charge in [-0.25, -0.2) is 14.4 Å². The summed E-state index contributed by atoms with van der Waals surface area (Å²) >= 11 is 0. The number of amides is 4. The van der Waals surface area contributed by atoms with E-state index in [4.69, 9.17) is 9.47 Å². The van der Waals surface area contributed by atoms with E-state index >= 15 is 0 Å². The molecule has 1 atom stereocenters. The number of rotatable bonds is 9. The first kappa shape index (κ1) is 26.6. The average Bonchev–Trinajstić information content (AvgIpc) is 2.82. The molecule has 2 aromatic carbocycles. The van der Waals surface area contributed by atoms with E-state index in [9.17, 15) is 14.4 Å². The van der Waals surface area contributed by atoms with Gasteiger partial charge < -0.3 is 25.4 Å². The highest BCUT2D eigenvalue weighted by molar-refractivity contribution is 6.00. The van der Waals surface area contributed by atoms with E-state index < -0.39 is 18.0 Å². The van der Waals surface area contributed by atoms with Crippen molar-refractivity contribution in [3.05, 3.63) is 65.4 Å². The van der Waals surface area contributed by atoms with Crippen LogP contribution in [-0.2, 0) is 9.53 Å². The highest BCUT2D eigenvalue weighted by atomic mass is 16.5. The number of anilines is 2. The molecule has 1 aliphatic heterocycles. The molecule has 0 aromatic heterocycles. The molecule has 192 valence electrons. The van der Waals surface area contributed by atoms with Gasteiger partial charge in [-0.2, -0.15) is 0 Å². The maximum atomic E-state index is 13.0. The van der Waals surface area contributed by atoms with Crippen molar-refractivity contribution in [2.45, 2.75) is 53.2 Å². The molecular weight excluding hydrogens is 460 g/mol. The number of ether oxygens (including phenoxy) is 2. The van der Waals surface area contributed by atoms with Gasteiger partial charge >= 0.3 is 18.0 Å². The predicted octanol–water partition coefficient (Wildman–Crippen LogP) is 5.43. The lowest BCUT2D eigenvalue weighted by Gasteiger charge is -2.35. The molecule has 3 rings (SSSR count). The zero-order chi connectivity index (χ0) is 26.2. The van der Waals surface area contributed by atoms with E-state index in [1.165, 1.54) is 0 Å². The Morgan fingerprint density at radius 2 is 1.75 bits per heavy atom. The smallest absolute Gasteiger partial charge is 0.338 e. The van der Waals surface area contributed by atoms with Crippen LogP contribution in [0.15, 0.2) is 59.8 Å². The second-order valence-electron chi connectivity index (χ2n) is 8.65. The highest BCUT2D eigenvalue weighted by Crippen LogP contribution is 2.33. The van der Waals surface area contributed by atoms with Gasteiger partial charge in [-0.15, -0.1) is 0 Å². The minimum absolute atomic E-state index is 0.285. The molecule has 0 radical (unpaired) electrons. The Labute approximate surface area is 211 Å². The first-order valence-electron chi connectivity index (χ1n) is 12.1. The molecule has 4 amide bonds. The van der Waals surface area contributed by atoms with E-state index in [2.05, 4.69) is 16.0 Å². The normalized spacial score (nSPS) is 15.4. The summed E-state index contributed by atoms with van der Waals surface area (Å²) in [5, 5.41) is 8.50. The van der Waals surface area contributed by atoms with Crippen molar-refractivity contribution in [3.63, 3.8) is 0 Å². The SMILES string of the molecule is CCCN1C(=O)NC(c2cccc(NC(=O)Nc3ccc(OCC)cc3)c2)C(C(=O)OC(C)C)=C1C. The molecule has 3 N–H and O–H groups in total. The lowest BCUT2D eigenvalue weighted by atomic mass is 9.94. The second-order valence-corrected chi connectivity index (χ2v) is 8.65. The Bertz CT molecular complexity index is 1130. The Balaban J connectivity index is 1.82. The largest absolute Gasteiger partial charge is 0.494 e. The van der Waals surface area contributed by atoms with Crippen LogP contribution in [0.25, 0.3) is 0 Å². The van der Waals surface area contributed by atoms with Crippen LogP contribution in [0, 0.1) is 0 Å². The molecule has 0 bridgehead atoms. The Morgan fingerprint density at radius 3 is 2.39 bits per heavy atom. The fourth-order valence-corrected chi connectivity index (χ4v) is 3.96. The van der Waals surface area contributed by atoms with E-state index in [1.807, 2.05) is 13.8 Å². The van der Waals surface area contributed by atoms with Crippen molar-refractivity contribution in [2.75, 3.05) is 23.8 Å². The van der Waals surface area contributed by atoms with Crippen molar-refractivity contribution < 1.29 is 23.9 Å². The number of urea groups is 2. The summed E-state index contributed by atoms with van der Waals surface area (Å²) in [6, 6.07) is 12.6. The van der Waals surface area contributed by atoms with Crippen LogP contribution in [0.4, 0.5) is 21.0 Å². The van der Waals surface area contributed by atoms with Crippen LogP contribution in [0.1, 0.15) is 52.6 Å². The molecule has 0 fully saturated rings. The summed E-state index contributed by atoms with van der Waals surface area (Å²) in [6.07, 6.45) is 0.431. The summed E-state index contributed by atoms with van der Waals surface area (Å²) in [5.74, 6) is 0.235. The fraction of sp³-hybridized carbons (Fsp3) is 0.370. The number of nitrogens with one attached hydrogen (secondary N) is 3. The van der Waals surface area contributed by atoms with Gasteiger partial charge in [0.25, 0.3) is 0 Å². The number of nitrogens with zero attached hydrogens (tertiary/aromatic N) is 1. The van der Waals surface area contributed by atoms with Crippen molar-refractivity contribution in [3.8, 4) is 5.75 Å². The summed E-state index contributed by atoms with van der Waals surface area (Å²) in [5.41, 5.74) is 2.69. The zero-order valence-corrected chi connectivity index (χ0v) is 21.4. The maximum Gasteiger partial charge on any atom is 0.338 e. The van der Waals surface area contributed by atoms with Gasteiger partial charge in [0.15, 0.2) is 0 Å². The summed E-state index contributed by atoms with van der Waals surface area (Å²) in [6.45, 7) is 10.2. The molecule has 9 nitrogen and oxygen atoms in total. The van der Waals surface area contributed by atoms with Gasteiger partial charge in [-0.05, 0) is 76.1 Å². The molecule has 1 heterocycles. The number of benzene rings is 2. The van der Waals surface area contributed by atoms with Gasteiger partial charge in [-0.3, -0.25) is 4.90 Å². The minimum Gasteiger partial charge on any atom is -0.494 e. The van der Waals surface area contributed by atoms with Crippen LogP contribution in [0.2, 0.25) is 0 Å². The standard InChI is InChI=1S/C27H34N4O5/c1-6-15-31-18(5)23(25(32)36-17(3)4)24(30-27(31)34)19-9-8-10-21(16-19)29-26(33)28-20-11-13-22(14-12-20)35-7-2/h8-14,16-17,24H,6-7,15H2,1-5H3,(H,30,34)(H2,28,29,33). The van der Waals surface area contributed by atoms with E-state index in [0.717, 1.165) is 12.2 Å². The Morgan fingerprint density at radius 1 is 1.06 bits per heavy atom. The van der Waals surface area contributed by atoms with E-state index in [1.54, 1.807) is 74.2 Å². The van der Waals surface area contributed by atoms with Crippen LogP contribution in [0.3, 0.4) is 0 Å². The Hall–Kier alpha value is -4.01. The minimum atomic E-state index is -0.715. The molecule has 0 saturated heterocycles. The molecule has 0 aliphatic carbocycles. The summed E-state index contributed by atoms with van der Waals surface area (Å²) < 4.78 is 10.9. The molecular formula is C27H34N4O5. The highest BCUT2D eigenvalue weighted by Gasteiger charge is 2.36. The van der Waals surface area contributed by atoms with Crippen molar-refractivity contribution >= 4 is 29.4 Å². The second kappa shape index (κ2) is 12.1. The van der Waals surface area contributed by atoms with Gasteiger partial charge in [0.05, 0.1) is 24.3 Å². The van der Waals surface area contributed by atoms with Crippen LogP contribution < -0.4 is 20.7 Å². The Kier molecular flexibility index (Phi) is 8.94. The van der Waals surface area contributed by atoms with Gasteiger partial charge in [0, 0.05) is 23.6 Å². The fourth-order valence-electron chi connectivity index (χ4n) is 3.96. The lowest BCUT2D eigenvalue weighted by molar-refractivity contribution is -0.143. The number of allylic oxidation sites excluding steroid dienone is 1. The summed E-state index contributed by atoms with van der Waals surface area (Å²) in [7, 11) is 0. The van der Waals surface area contributed by atoms with Crippen molar-refractivity contribution in [1.29, 1.82) is 0 Å². The molecule has 9 heteroatoms. The molecule has 0 spiro atoms. The number of carbonyl (C=O) groups is 3. The van der Waals surface area contributed by atoms with E-state index in [-0.39, 0.29) is 12.1 Å². The monoisotopic (exact) mass is 494 g/mol. The van der Waals surface area contributed by atoms with Crippen LogP contribution in [-0.4, -0.2) is 42.2 Å². The zero-order valence-electron chi connectivity index (χ0n) is 21.4. The molecule has 1 unspecified atom stereocenters. The molecule has 1 aliphatic rings. The van der Waals surface area contributed by atoms with Crippen molar-refractivity contribution in [2.24, 2.45) is 0 Å². The average molecular weight is 495 g/mol. The molecule has 36 heavy (non-hydrogen) atoms. The quantitative estimate of drug-likeness (QED) is 0.403. The third-order valence-electron chi connectivity index (χ3n) is 5.51. The summed E-state index contributed by atoms with van der Waals surface area (Å²) in [4.78, 5) is 40.0.